The Hall–Kier alpha value is -7.33. The van der Waals surface area contributed by atoms with E-state index in [4.69, 9.17) is 52.1 Å². The van der Waals surface area contributed by atoms with Crippen molar-refractivity contribution >= 4 is 109 Å². The second-order valence-electron chi connectivity index (χ2n) is 19.3. The van der Waals surface area contributed by atoms with Gasteiger partial charge in [0.1, 0.15) is 8.42 Å². The lowest BCUT2D eigenvalue weighted by atomic mass is 9.96. The third-order valence-corrected chi connectivity index (χ3v) is 17.2. The van der Waals surface area contributed by atoms with E-state index in [0.29, 0.717) is 24.4 Å². The fourth-order valence-corrected chi connectivity index (χ4v) is 11.6. The van der Waals surface area contributed by atoms with Crippen LogP contribution < -0.4 is 10.0 Å². The maximum atomic E-state index is 13.2. The third kappa shape index (κ3) is 21.1. The zero-order valence-corrected chi connectivity index (χ0v) is 51.2. The van der Waals surface area contributed by atoms with Gasteiger partial charge in [0.15, 0.2) is 77.0 Å². The molecular weight excluding hydrogens is 1190 g/mol. The molecule has 0 spiro atoms. The van der Waals surface area contributed by atoms with Crippen LogP contribution in [-0.2, 0) is 139 Å². The van der Waals surface area contributed by atoms with Crippen LogP contribution in [0, 0.1) is 0 Å². The van der Waals surface area contributed by atoms with Crippen LogP contribution in [0.2, 0.25) is 0 Å². The van der Waals surface area contributed by atoms with Gasteiger partial charge in [0.2, 0.25) is 5.60 Å². The summed E-state index contributed by atoms with van der Waals surface area (Å²) in [5.74, 6) is -16.7. The number of sulfone groups is 1. The van der Waals surface area contributed by atoms with Gasteiger partial charge in [0, 0.05) is 13.5 Å². The van der Waals surface area contributed by atoms with Gasteiger partial charge in [-0.1, -0.05) is 6.92 Å². The molecule has 1 aliphatic heterocycles. The number of carbonyl (C=O) groups is 13. The fraction of sp³-hybridized carbons (Fsp3) is 0.660. The topological polar surface area (TPSA) is 425 Å². The first-order chi connectivity index (χ1) is 38.6. The predicted octanol–water partition coefficient (Wildman–Crippen LogP) is 0.402. The molecule has 1 aromatic heterocycles. The van der Waals surface area contributed by atoms with Crippen LogP contribution in [0.15, 0.2) is 14.5 Å². The monoisotopic (exact) mass is 1260 g/mol. The Kier molecular flexibility index (Phi) is 26.9. The average Bonchev–Trinajstić information content (AvgIpc) is 2.33. The Morgan fingerprint density at radius 1 is 0.536 bits per heavy atom. The van der Waals surface area contributed by atoms with E-state index in [9.17, 15) is 79.2 Å². The second kappa shape index (κ2) is 31.0. The first-order valence-electron chi connectivity index (χ1n) is 25.7. The molecule has 2 N–H and O–H groups in total. The zero-order chi connectivity index (χ0) is 64.7. The number of nitrogens with one attached hydrogen (secondary N) is 2. The molecular formula is C50H70N2O29S3. The summed E-state index contributed by atoms with van der Waals surface area (Å²) in [7, 11) is -8.53. The Balaban J connectivity index is 1.84. The molecule has 0 unspecified atom stereocenters. The van der Waals surface area contributed by atoms with E-state index in [0.717, 1.165) is 90.0 Å². The number of sulfonamides is 1. The zero-order valence-electron chi connectivity index (χ0n) is 48.8. The lowest BCUT2D eigenvalue weighted by Crippen LogP contribution is -2.45. The number of carbonyl (C=O) groups excluding carboxylic acids is 13. The number of esters is 12. The van der Waals surface area contributed by atoms with Gasteiger partial charge in [0.25, 0.3) is 15.9 Å². The molecule has 0 bridgehead atoms. The molecule has 1 aromatic rings. The van der Waals surface area contributed by atoms with Gasteiger partial charge in [-0.3, -0.25) is 9.59 Å². The summed E-state index contributed by atoms with van der Waals surface area (Å²) in [6.07, 6.45) is -18.5. The Morgan fingerprint density at radius 2 is 0.845 bits per heavy atom. The van der Waals surface area contributed by atoms with Gasteiger partial charge in [-0.15, -0.1) is 11.3 Å². The minimum absolute atomic E-state index is 0.136. The third-order valence-electron chi connectivity index (χ3n) is 11.5. The average molecular weight is 1260 g/mol. The SMILES string of the molecule is CCNC[C@H]1C[C@H](C)S(=O)(=O)c2sc(S(=O)(=O)NC(=O)[C@H](C)OC(=O)[C@H](C)OC(=O)[C@H](C)OC(=O)[C@H](C)OC(=O)[C@H](C)OC(=O)[C@H](C)OC(=O)[C@H](C)OC(=O)C(C)(C)OC(=O)[C@H](C)OC(=O)[C@H](C)OC(=O)[C@H](C)OC(=O)[C@H](C)OC(C)=O)cc21. The lowest BCUT2D eigenvalue weighted by Gasteiger charge is -2.27. The molecule has 34 heteroatoms. The normalized spacial score (nSPS) is 18.5. The minimum Gasteiger partial charge on any atom is -0.451 e. The molecule has 0 saturated heterocycles. The van der Waals surface area contributed by atoms with Crippen molar-refractivity contribution in [3.05, 3.63) is 11.6 Å². The number of thiophene rings is 1. The van der Waals surface area contributed by atoms with Gasteiger partial charge < -0.3 is 62.2 Å². The van der Waals surface area contributed by atoms with Crippen LogP contribution in [0.1, 0.15) is 129 Å². The van der Waals surface area contributed by atoms with Crippen molar-refractivity contribution in [3.8, 4) is 0 Å². The Bertz CT molecular complexity index is 2900. The van der Waals surface area contributed by atoms with E-state index in [1.165, 1.54) is 19.9 Å². The molecule has 2 rings (SSSR count). The predicted molar refractivity (Wildman–Crippen MR) is 279 cm³/mol. The van der Waals surface area contributed by atoms with Crippen molar-refractivity contribution in [2.45, 2.75) is 210 Å². The standard InChI is InChI=1S/C50H70N2O29S3/c1-17-51-20-34-18-21(2)83(66,67)48-35(34)19-36(82-48)84(68,69)52-37(54)22(3)71-39(56)24(5)73-41(58)26(7)74-42(59)27(8)75-43(60)28(9)76-44(61)29(10)78-46(63)31(12)80-49(65)50(15,16)81-47(64)32(13)79-45(62)30(11)77-40(57)25(6)72-38(55)23(4)70-33(14)53/h19,21-32,34,51H,17-18,20H2,1-16H3,(H,52,54)/t21-,22-,23-,24-,25-,26-,27-,28-,29-,30-,31-,32-,34+/m0/s1. The minimum atomic E-state index is -4.67. The summed E-state index contributed by atoms with van der Waals surface area (Å²) in [5.41, 5.74) is -1.87. The first-order valence-corrected chi connectivity index (χ1v) is 29.5. The number of ether oxygens (including phenoxy) is 12. The number of rotatable bonds is 29. The summed E-state index contributed by atoms with van der Waals surface area (Å²) >= 11 is 0.476. The number of fused-ring (bicyclic) bond motifs is 1. The molecule has 84 heavy (non-hydrogen) atoms. The molecule has 0 saturated carbocycles. The van der Waals surface area contributed by atoms with Crippen molar-refractivity contribution in [3.63, 3.8) is 0 Å². The molecule has 2 heterocycles. The summed E-state index contributed by atoms with van der Waals surface area (Å²) in [5, 5.41) is 2.33. The van der Waals surface area contributed by atoms with Gasteiger partial charge in [-0.25, -0.2) is 74.3 Å². The Morgan fingerprint density at radius 3 is 1.18 bits per heavy atom. The van der Waals surface area contributed by atoms with Gasteiger partial charge in [0.05, 0.1) is 5.25 Å². The van der Waals surface area contributed by atoms with Crippen molar-refractivity contribution in [2.24, 2.45) is 0 Å². The largest absolute Gasteiger partial charge is 0.451 e. The number of likely N-dealkylation sites (N-methyl/N-ethyl adjacent to an activating group) is 1. The maximum absolute atomic E-state index is 13.2. The lowest BCUT2D eigenvalue weighted by molar-refractivity contribution is -0.196. The van der Waals surface area contributed by atoms with Gasteiger partial charge in [-0.2, -0.15) is 0 Å². The quantitative estimate of drug-likeness (QED) is 0.0810. The molecule has 13 atom stereocenters. The maximum Gasteiger partial charge on any atom is 0.350 e. The van der Waals surface area contributed by atoms with E-state index >= 15 is 0 Å². The molecule has 0 radical (unpaired) electrons. The highest BCUT2D eigenvalue weighted by molar-refractivity contribution is 7.95. The van der Waals surface area contributed by atoms with E-state index in [1.807, 2.05) is 6.92 Å². The fourth-order valence-electron chi connectivity index (χ4n) is 6.51. The molecule has 472 valence electrons. The van der Waals surface area contributed by atoms with E-state index in [-0.39, 0.29) is 22.1 Å². The first kappa shape index (κ1) is 72.8. The van der Waals surface area contributed by atoms with Crippen LogP contribution in [-0.4, -0.2) is 185 Å². The summed E-state index contributed by atoms with van der Waals surface area (Å²) < 4.78 is 113. The van der Waals surface area contributed by atoms with E-state index < -0.39 is 180 Å². The molecule has 0 fully saturated rings. The molecule has 0 aromatic carbocycles. The van der Waals surface area contributed by atoms with Gasteiger partial charge >= 0.3 is 71.6 Å². The molecule has 31 nitrogen and oxygen atoms in total. The highest BCUT2D eigenvalue weighted by Gasteiger charge is 2.42. The number of hydrogen-bond acceptors (Lipinski definition) is 31. The smallest absolute Gasteiger partial charge is 0.350 e. The van der Waals surface area contributed by atoms with Crippen LogP contribution >= 0.6 is 11.3 Å². The van der Waals surface area contributed by atoms with Crippen molar-refractivity contribution in [2.75, 3.05) is 13.1 Å². The summed E-state index contributed by atoms with van der Waals surface area (Å²) in [4.78, 5) is 163. The molecule has 0 aliphatic carbocycles. The number of hydrogen-bond donors (Lipinski definition) is 2. The highest BCUT2D eigenvalue weighted by Crippen LogP contribution is 2.43. The van der Waals surface area contributed by atoms with E-state index in [2.05, 4.69) is 10.1 Å². The van der Waals surface area contributed by atoms with E-state index in [1.54, 1.807) is 4.72 Å². The van der Waals surface area contributed by atoms with Crippen LogP contribution in [0.5, 0.6) is 0 Å². The Labute approximate surface area is 487 Å². The van der Waals surface area contributed by atoms with Crippen molar-refractivity contribution in [1.82, 2.24) is 10.0 Å². The van der Waals surface area contributed by atoms with Gasteiger partial charge in [-0.05, 0) is 127 Å². The van der Waals surface area contributed by atoms with Crippen LogP contribution in [0.25, 0.3) is 0 Å². The molecule has 1 aliphatic rings. The number of amides is 1. The molecule has 1 amide bonds. The van der Waals surface area contributed by atoms with Crippen LogP contribution in [0.3, 0.4) is 0 Å². The van der Waals surface area contributed by atoms with Crippen LogP contribution in [0.4, 0.5) is 0 Å². The second-order valence-corrected chi connectivity index (χ2v) is 24.8. The van der Waals surface area contributed by atoms with Crippen molar-refractivity contribution < 1.29 is 136 Å². The highest BCUT2D eigenvalue weighted by atomic mass is 32.3. The summed E-state index contributed by atoms with van der Waals surface area (Å²) in [6, 6.07) is 1.18. The van der Waals surface area contributed by atoms with Crippen molar-refractivity contribution in [1.29, 1.82) is 0 Å². The summed E-state index contributed by atoms with van der Waals surface area (Å²) in [6.45, 7) is 18.9.